The highest BCUT2D eigenvalue weighted by Crippen LogP contribution is 2.30. The Labute approximate surface area is 137 Å². The van der Waals surface area contributed by atoms with Crippen LogP contribution in [0, 0.1) is 10.1 Å². The number of nitro groups is 1. The normalized spacial score (nSPS) is 17.2. The van der Waals surface area contributed by atoms with E-state index < -0.39 is 20.6 Å². The van der Waals surface area contributed by atoms with Crippen LogP contribution in [0.4, 0.5) is 5.69 Å². The van der Waals surface area contributed by atoms with Crippen LogP contribution in [0.5, 0.6) is 0 Å². The number of piperidine rings is 1. The van der Waals surface area contributed by atoms with E-state index in [2.05, 4.69) is 15.9 Å². The molecule has 1 saturated heterocycles. The van der Waals surface area contributed by atoms with Gasteiger partial charge in [-0.15, -0.1) is 12.4 Å². The number of sulfonamides is 1. The van der Waals surface area contributed by atoms with Gasteiger partial charge in [-0.1, -0.05) is 15.9 Å². The minimum Gasteiger partial charge on any atom is -0.328 e. The van der Waals surface area contributed by atoms with E-state index >= 15 is 0 Å². The Hall–Kier alpha value is -0.740. The fourth-order valence-electron chi connectivity index (χ4n) is 2.11. The number of hydrogen-bond acceptors (Lipinski definition) is 5. The Morgan fingerprint density at radius 1 is 1.33 bits per heavy atom. The standard InChI is InChI=1S/C11H14BrN3O4S.ClH/c12-8-1-2-11(10(7-8)15(16)17)20(18,19)14-5-3-9(13)4-6-14;/h1-2,7,9H,3-6,13H2;1H. The van der Waals surface area contributed by atoms with Gasteiger partial charge in [0.2, 0.25) is 10.0 Å². The summed E-state index contributed by atoms with van der Waals surface area (Å²) in [4.78, 5) is 10.1. The Morgan fingerprint density at radius 3 is 2.43 bits per heavy atom. The van der Waals surface area contributed by atoms with E-state index in [1.165, 1.54) is 22.5 Å². The average Bonchev–Trinajstić information content (AvgIpc) is 2.38. The van der Waals surface area contributed by atoms with Crippen LogP contribution in [0.2, 0.25) is 0 Å². The molecule has 1 aliphatic heterocycles. The van der Waals surface area contributed by atoms with Crippen molar-refractivity contribution in [1.82, 2.24) is 4.31 Å². The van der Waals surface area contributed by atoms with Gasteiger partial charge in [0.1, 0.15) is 0 Å². The molecule has 1 aromatic rings. The van der Waals surface area contributed by atoms with Crippen molar-refractivity contribution in [3.8, 4) is 0 Å². The molecule has 0 radical (unpaired) electrons. The predicted molar refractivity (Wildman–Crippen MR) is 84.0 cm³/mol. The van der Waals surface area contributed by atoms with Gasteiger partial charge in [-0.2, -0.15) is 4.31 Å². The third kappa shape index (κ3) is 3.92. The van der Waals surface area contributed by atoms with Crippen LogP contribution in [-0.4, -0.2) is 36.8 Å². The molecule has 1 heterocycles. The number of halogens is 2. The second-order valence-electron chi connectivity index (χ2n) is 4.61. The lowest BCUT2D eigenvalue weighted by molar-refractivity contribution is -0.387. The summed E-state index contributed by atoms with van der Waals surface area (Å²) >= 11 is 3.11. The van der Waals surface area contributed by atoms with Gasteiger partial charge in [0.25, 0.3) is 5.69 Å². The maximum atomic E-state index is 12.5. The summed E-state index contributed by atoms with van der Waals surface area (Å²) in [6.45, 7) is 0.577. The monoisotopic (exact) mass is 399 g/mol. The molecular weight excluding hydrogens is 386 g/mol. The second kappa shape index (κ2) is 7.01. The van der Waals surface area contributed by atoms with Gasteiger partial charge in [-0.25, -0.2) is 8.42 Å². The number of nitrogens with zero attached hydrogens (tertiary/aromatic N) is 2. The number of nitro benzene ring substituents is 1. The summed E-state index contributed by atoms with van der Waals surface area (Å²) < 4.78 is 26.7. The highest BCUT2D eigenvalue weighted by atomic mass is 79.9. The lowest BCUT2D eigenvalue weighted by Gasteiger charge is -2.29. The van der Waals surface area contributed by atoms with Gasteiger partial charge in [0.15, 0.2) is 4.90 Å². The van der Waals surface area contributed by atoms with Gasteiger partial charge in [0, 0.05) is 29.7 Å². The van der Waals surface area contributed by atoms with Crippen molar-refractivity contribution < 1.29 is 13.3 Å². The van der Waals surface area contributed by atoms with Crippen molar-refractivity contribution in [2.24, 2.45) is 5.73 Å². The van der Waals surface area contributed by atoms with Crippen molar-refractivity contribution in [3.63, 3.8) is 0 Å². The lowest BCUT2D eigenvalue weighted by atomic mass is 10.1. The molecule has 0 unspecified atom stereocenters. The van der Waals surface area contributed by atoms with Crippen LogP contribution in [0.25, 0.3) is 0 Å². The third-order valence-electron chi connectivity index (χ3n) is 3.23. The molecule has 1 fully saturated rings. The smallest absolute Gasteiger partial charge is 0.290 e. The Morgan fingerprint density at radius 2 is 1.90 bits per heavy atom. The largest absolute Gasteiger partial charge is 0.328 e. The van der Waals surface area contributed by atoms with Gasteiger partial charge in [0.05, 0.1) is 4.92 Å². The summed E-state index contributed by atoms with van der Waals surface area (Å²) in [5.41, 5.74) is 5.32. The van der Waals surface area contributed by atoms with Crippen LogP contribution < -0.4 is 5.73 Å². The van der Waals surface area contributed by atoms with Crippen molar-refractivity contribution >= 4 is 44.0 Å². The van der Waals surface area contributed by atoms with E-state index in [1.807, 2.05) is 0 Å². The summed E-state index contributed by atoms with van der Waals surface area (Å²) in [5.74, 6) is 0. The molecule has 0 aromatic heterocycles. The van der Waals surface area contributed by atoms with Crippen LogP contribution >= 0.6 is 28.3 Å². The van der Waals surface area contributed by atoms with Crippen molar-refractivity contribution in [2.45, 2.75) is 23.8 Å². The molecule has 0 bridgehead atoms. The quantitative estimate of drug-likeness (QED) is 0.616. The van der Waals surface area contributed by atoms with E-state index in [9.17, 15) is 18.5 Å². The van der Waals surface area contributed by atoms with E-state index in [0.717, 1.165) is 0 Å². The van der Waals surface area contributed by atoms with E-state index in [1.54, 1.807) is 0 Å². The molecule has 118 valence electrons. The van der Waals surface area contributed by atoms with Crippen molar-refractivity contribution in [1.29, 1.82) is 0 Å². The molecule has 1 aliphatic rings. The van der Waals surface area contributed by atoms with Gasteiger partial charge >= 0.3 is 0 Å². The Balaban J connectivity index is 0.00000220. The third-order valence-corrected chi connectivity index (χ3v) is 5.67. The summed E-state index contributed by atoms with van der Waals surface area (Å²) in [5, 5.41) is 11.0. The zero-order chi connectivity index (χ0) is 14.9. The highest BCUT2D eigenvalue weighted by Gasteiger charge is 2.33. The van der Waals surface area contributed by atoms with E-state index in [0.29, 0.717) is 17.3 Å². The number of benzene rings is 1. The first-order valence-corrected chi connectivity index (χ1v) is 8.25. The van der Waals surface area contributed by atoms with Crippen molar-refractivity contribution in [2.75, 3.05) is 13.1 Å². The number of nitrogens with two attached hydrogens (primary N) is 1. The molecule has 7 nitrogen and oxygen atoms in total. The first-order valence-electron chi connectivity index (χ1n) is 6.02. The summed E-state index contributed by atoms with van der Waals surface area (Å²) in [6.07, 6.45) is 1.12. The van der Waals surface area contributed by atoms with Crippen LogP contribution in [0.3, 0.4) is 0 Å². The number of rotatable bonds is 3. The fraction of sp³-hybridized carbons (Fsp3) is 0.455. The van der Waals surface area contributed by atoms with Gasteiger partial charge < -0.3 is 5.73 Å². The first kappa shape index (κ1) is 18.3. The molecule has 0 aliphatic carbocycles. The maximum Gasteiger partial charge on any atom is 0.290 e. The van der Waals surface area contributed by atoms with Crippen LogP contribution in [-0.2, 0) is 10.0 Å². The molecule has 2 N–H and O–H groups in total. The molecule has 21 heavy (non-hydrogen) atoms. The Kier molecular flexibility index (Phi) is 6.11. The topological polar surface area (TPSA) is 107 Å². The molecule has 0 saturated carbocycles. The fourth-order valence-corrected chi connectivity index (χ4v) is 4.06. The summed E-state index contributed by atoms with van der Waals surface area (Å²) in [7, 11) is -3.86. The zero-order valence-electron chi connectivity index (χ0n) is 10.9. The molecule has 0 amide bonds. The predicted octanol–water partition coefficient (Wildman–Crippen LogP) is 1.89. The molecule has 2 rings (SSSR count). The Bertz CT molecular complexity index is 632. The highest BCUT2D eigenvalue weighted by molar-refractivity contribution is 9.10. The lowest BCUT2D eigenvalue weighted by Crippen LogP contribution is -2.42. The number of hydrogen-bond donors (Lipinski definition) is 1. The minimum absolute atomic E-state index is 0. The minimum atomic E-state index is -3.86. The molecule has 0 atom stereocenters. The molecule has 0 spiro atoms. The second-order valence-corrected chi connectivity index (χ2v) is 7.43. The summed E-state index contributed by atoms with van der Waals surface area (Å²) in [6, 6.07) is 3.92. The average molecular weight is 401 g/mol. The maximum absolute atomic E-state index is 12.5. The molecule has 1 aromatic carbocycles. The first-order chi connectivity index (χ1) is 9.32. The van der Waals surface area contributed by atoms with Gasteiger partial charge in [-0.05, 0) is 25.0 Å². The SMILES string of the molecule is Cl.NC1CCN(S(=O)(=O)c2ccc(Br)cc2[N+](=O)[O-])CC1. The van der Waals surface area contributed by atoms with Crippen LogP contribution in [0.1, 0.15) is 12.8 Å². The van der Waals surface area contributed by atoms with E-state index in [4.69, 9.17) is 5.73 Å². The van der Waals surface area contributed by atoms with Gasteiger partial charge in [-0.3, -0.25) is 10.1 Å². The molecular formula is C11H15BrClN3O4S. The van der Waals surface area contributed by atoms with E-state index in [-0.39, 0.29) is 36.4 Å². The van der Waals surface area contributed by atoms with Crippen molar-refractivity contribution in [3.05, 3.63) is 32.8 Å². The molecule has 10 heteroatoms. The van der Waals surface area contributed by atoms with Crippen LogP contribution in [0.15, 0.2) is 27.6 Å². The zero-order valence-corrected chi connectivity index (χ0v) is 14.2.